The van der Waals surface area contributed by atoms with Gasteiger partial charge in [-0.25, -0.2) is 0 Å². The summed E-state index contributed by atoms with van der Waals surface area (Å²) in [4.78, 5) is 2.51. The van der Waals surface area contributed by atoms with E-state index in [1.807, 2.05) is 12.1 Å². The third-order valence-electron chi connectivity index (χ3n) is 3.56. The first kappa shape index (κ1) is 13.9. The molecule has 3 rings (SSSR count). The van der Waals surface area contributed by atoms with Crippen LogP contribution in [0, 0.1) is 6.92 Å². The van der Waals surface area contributed by atoms with Crippen LogP contribution in [0.4, 0.5) is 0 Å². The van der Waals surface area contributed by atoms with Gasteiger partial charge in [0.1, 0.15) is 11.3 Å². The molecule has 0 saturated carbocycles. The zero-order valence-corrected chi connectivity index (χ0v) is 13.8. The maximum Gasteiger partial charge on any atom is 0.134 e. The largest absolute Gasteiger partial charge is 0.459 e. The minimum Gasteiger partial charge on any atom is -0.459 e. The molecule has 0 radical (unpaired) electrons. The minimum atomic E-state index is -0.188. The number of furan rings is 1. The van der Waals surface area contributed by atoms with Crippen molar-refractivity contribution in [2.45, 2.75) is 26.3 Å². The van der Waals surface area contributed by atoms with Crippen LogP contribution in [0.3, 0.4) is 0 Å². The van der Waals surface area contributed by atoms with E-state index < -0.39 is 0 Å². The summed E-state index contributed by atoms with van der Waals surface area (Å²) in [7, 11) is 0. The second-order valence-corrected chi connectivity index (χ2v) is 6.98. The van der Waals surface area contributed by atoms with Crippen molar-refractivity contribution in [1.82, 2.24) is 0 Å². The van der Waals surface area contributed by atoms with E-state index in [2.05, 4.69) is 48.0 Å². The fourth-order valence-corrected chi connectivity index (χ4v) is 3.70. The van der Waals surface area contributed by atoms with Crippen molar-refractivity contribution in [2.75, 3.05) is 0 Å². The van der Waals surface area contributed by atoms with Gasteiger partial charge < -0.3 is 10.2 Å². The van der Waals surface area contributed by atoms with E-state index in [-0.39, 0.29) is 6.04 Å². The molecule has 1 atom stereocenters. The summed E-state index contributed by atoms with van der Waals surface area (Å²) < 4.78 is 7.03. The quantitative estimate of drug-likeness (QED) is 0.707. The minimum absolute atomic E-state index is 0.188. The third kappa shape index (κ3) is 2.32. The fourth-order valence-electron chi connectivity index (χ4n) is 2.39. The fraction of sp³-hybridized carbons (Fsp3) is 0.250. The molecule has 4 heteroatoms. The molecule has 3 aromatic rings. The van der Waals surface area contributed by atoms with Gasteiger partial charge in [-0.15, -0.1) is 11.3 Å². The van der Waals surface area contributed by atoms with Crippen molar-refractivity contribution in [3.63, 3.8) is 0 Å². The topological polar surface area (TPSA) is 39.2 Å². The molecule has 0 fully saturated rings. The molecule has 2 nitrogen and oxygen atoms in total. The van der Waals surface area contributed by atoms with Crippen LogP contribution in [0.25, 0.3) is 11.0 Å². The Balaban J connectivity index is 2.07. The second-order valence-electron chi connectivity index (χ2n) is 4.87. The number of thiophene rings is 1. The van der Waals surface area contributed by atoms with Crippen molar-refractivity contribution < 1.29 is 4.42 Å². The van der Waals surface area contributed by atoms with Gasteiger partial charge in [0.15, 0.2) is 0 Å². The highest BCUT2D eigenvalue weighted by molar-refractivity contribution is 9.10. The molecular formula is C16H16BrNOS. The lowest BCUT2D eigenvalue weighted by Crippen LogP contribution is -2.10. The Labute approximate surface area is 130 Å². The SMILES string of the molecule is CCc1ccc(C(N)c2oc3ccc(Br)cc3c2C)s1. The van der Waals surface area contributed by atoms with Crippen LogP contribution in [0.1, 0.15) is 34.0 Å². The average Bonchev–Trinajstić information content (AvgIpc) is 3.04. The van der Waals surface area contributed by atoms with Crippen LogP contribution in [-0.2, 0) is 6.42 Å². The first-order valence-corrected chi connectivity index (χ1v) is 8.24. The summed E-state index contributed by atoms with van der Waals surface area (Å²) in [6.07, 6.45) is 1.05. The molecule has 0 aliphatic heterocycles. The summed E-state index contributed by atoms with van der Waals surface area (Å²) in [6.45, 7) is 4.23. The molecule has 0 amide bonds. The lowest BCUT2D eigenvalue weighted by Gasteiger charge is -2.07. The van der Waals surface area contributed by atoms with Gasteiger partial charge in [-0.3, -0.25) is 0 Å². The molecule has 0 spiro atoms. The van der Waals surface area contributed by atoms with E-state index in [9.17, 15) is 0 Å². The van der Waals surface area contributed by atoms with E-state index in [4.69, 9.17) is 10.2 Å². The molecule has 1 aromatic carbocycles. The molecule has 2 heterocycles. The Kier molecular flexibility index (Phi) is 3.71. The number of nitrogens with two attached hydrogens (primary N) is 1. The molecule has 1 unspecified atom stereocenters. The molecule has 20 heavy (non-hydrogen) atoms. The summed E-state index contributed by atoms with van der Waals surface area (Å²) >= 11 is 5.26. The van der Waals surface area contributed by atoms with Crippen LogP contribution in [0.15, 0.2) is 39.2 Å². The Bertz CT molecular complexity index is 759. The van der Waals surface area contributed by atoms with Gasteiger partial charge in [0.25, 0.3) is 0 Å². The van der Waals surface area contributed by atoms with E-state index in [1.54, 1.807) is 11.3 Å². The van der Waals surface area contributed by atoms with Gasteiger partial charge in [-0.2, -0.15) is 0 Å². The maximum atomic E-state index is 6.39. The Morgan fingerprint density at radius 2 is 2.10 bits per heavy atom. The van der Waals surface area contributed by atoms with E-state index in [0.29, 0.717) is 0 Å². The molecule has 104 valence electrons. The van der Waals surface area contributed by atoms with Crippen molar-refractivity contribution >= 4 is 38.2 Å². The summed E-state index contributed by atoms with van der Waals surface area (Å²) in [5, 5.41) is 1.12. The summed E-state index contributed by atoms with van der Waals surface area (Å²) in [5.74, 6) is 0.864. The summed E-state index contributed by atoms with van der Waals surface area (Å²) in [6, 6.07) is 10.1. The van der Waals surface area contributed by atoms with Gasteiger partial charge in [-0.05, 0) is 43.7 Å². The van der Waals surface area contributed by atoms with Crippen molar-refractivity contribution in [3.8, 4) is 0 Å². The predicted octanol–water partition coefficient (Wildman–Crippen LogP) is 5.18. The highest BCUT2D eigenvalue weighted by Gasteiger charge is 2.20. The standard InChI is InChI=1S/C16H16BrNOS/c1-3-11-5-7-14(20-11)15(18)16-9(2)12-8-10(17)4-6-13(12)19-16/h4-8,15H,3,18H2,1-2H3. The number of benzene rings is 1. The van der Waals surface area contributed by atoms with Crippen LogP contribution in [0.5, 0.6) is 0 Å². The Morgan fingerprint density at radius 3 is 2.80 bits per heavy atom. The highest BCUT2D eigenvalue weighted by atomic mass is 79.9. The van der Waals surface area contributed by atoms with Crippen molar-refractivity contribution in [1.29, 1.82) is 0 Å². The second kappa shape index (κ2) is 5.35. The van der Waals surface area contributed by atoms with Crippen molar-refractivity contribution in [3.05, 3.63) is 55.9 Å². The lowest BCUT2D eigenvalue weighted by molar-refractivity contribution is 0.524. The zero-order chi connectivity index (χ0) is 14.3. The molecule has 0 aliphatic carbocycles. The van der Waals surface area contributed by atoms with E-state index in [1.165, 1.54) is 4.88 Å². The zero-order valence-electron chi connectivity index (χ0n) is 11.4. The number of fused-ring (bicyclic) bond motifs is 1. The molecule has 0 bridgehead atoms. The smallest absolute Gasteiger partial charge is 0.134 e. The first-order valence-electron chi connectivity index (χ1n) is 6.63. The third-order valence-corrected chi connectivity index (χ3v) is 5.36. The monoisotopic (exact) mass is 349 g/mol. The summed E-state index contributed by atoms with van der Waals surface area (Å²) in [5.41, 5.74) is 8.41. The van der Waals surface area contributed by atoms with Gasteiger partial charge in [0.05, 0.1) is 6.04 Å². The number of halogens is 1. The Morgan fingerprint density at radius 1 is 1.30 bits per heavy atom. The number of rotatable bonds is 3. The van der Waals surface area contributed by atoms with Gasteiger partial charge in [0, 0.05) is 25.2 Å². The number of hydrogen-bond acceptors (Lipinski definition) is 3. The molecule has 0 aliphatic rings. The Hall–Kier alpha value is -1.10. The van der Waals surface area contributed by atoms with Gasteiger partial charge >= 0.3 is 0 Å². The van der Waals surface area contributed by atoms with Gasteiger partial charge in [-0.1, -0.05) is 22.9 Å². The average molecular weight is 350 g/mol. The van der Waals surface area contributed by atoms with E-state index >= 15 is 0 Å². The normalized spacial score (nSPS) is 13.0. The lowest BCUT2D eigenvalue weighted by atomic mass is 10.1. The highest BCUT2D eigenvalue weighted by Crippen LogP contribution is 2.35. The molecule has 0 saturated heterocycles. The molecular weight excluding hydrogens is 334 g/mol. The van der Waals surface area contributed by atoms with Crippen LogP contribution in [-0.4, -0.2) is 0 Å². The van der Waals surface area contributed by atoms with Crippen LogP contribution < -0.4 is 5.73 Å². The number of aryl methyl sites for hydroxylation is 2. The van der Waals surface area contributed by atoms with E-state index in [0.717, 1.165) is 38.1 Å². The predicted molar refractivity (Wildman–Crippen MR) is 88.4 cm³/mol. The van der Waals surface area contributed by atoms with Crippen molar-refractivity contribution in [2.24, 2.45) is 5.73 Å². The first-order chi connectivity index (χ1) is 9.60. The van der Waals surface area contributed by atoms with Gasteiger partial charge in [0.2, 0.25) is 0 Å². The van der Waals surface area contributed by atoms with Crippen LogP contribution >= 0.6 is 27.3 Å². The number of hydrogen-bond donors (Lipinski definition) is 1. The van der Waals surface area contributed by atoms with Crippen LogP contribution in [0.2, 0.25) is 0 Å². The molecule has 2 aromatic heterocycles. The maximum absolute atomic E-state index is 6.39. The molecule has 2 N–H and O–H groups in total.